The molecule has 3 aliphatic rings. The van der Waals surface area contributed by atoms with Gasteiger partial charge in [0.15, 0.2) is 0 Å². The molecule has 6 rings (SSSR count). The van der Waals surface area contributed by atoms with E-state index in [4.69, 9.17) is 9.73 Å². The standard InChI is InChI=1S/C24H26N6O/c1-24(7-8-24)31-19-4-3-17-15-25-23(20(17)13-19)21-14-22(27-16-26-21)29-11-5-18(6-12-29)30-10-2-9-28-30/h2-4,9-10,13-14,16,18H,5-8,11-12,15H2,1H3. The van der Waals surface area contributed by atoms with E-state index in [1.54, 1.807) is 6.33 Å². The van der Waals surface area contributed by atoms with Crippen LogP contribution in [0.15, 0.2) is 54.0 Å². The summed E-state index contributed by atoms with van der Waals surface area (Å²) in [5, 5.41) is 4.41. The van der Waals surface area contributed by atoms with E-state index in [0.29, 0.717) is 12.6 Å². The molecule has 3 aromatic rings. The predicted molar refractivity (Wildman–Crippen MR) is 119 cm³/mol. The Morgan fingerprint density at radius 2 is 1.97 bits per heavy atom. The first kappa shape index (κ1) is 18.5. The number of fused-ring (bicyclic) bond motifs is 1. The minimum Gasteiger partial charge on any atom is -0.488 e. The Balaban J connectivity index is 1.21. The average molecular weight is 415 g/mol. The van der Waals surface area contributed by atoms with Crippen LogP contribution < -0.4 is 9.64 Å². The van der Waals surface area contributed by atoms with Gasteiger partial charge in [0.05, 0.1) is 24.0 Å². The summed E-state index contributed by atoms with van der Waals surface area (Å²) in [5.41, 5.74) is 4.19. The van der Waals surface area contributed by atoms with Gasteiger partial charge >= 0.3 is 0 Å². The van der Waals surface area contributed by atoms with Crippen molar-refractivity contribution in [3.05, 3.63) is 65.9 Å². The van der Waals surface area contributed by atoms with Gasteiger partial charge < -0.3 is 9.64 Å². The summed E-state index contributed by atoms with van der Waals surface area (Å²) in [6, 6.07) is 10.9. The zero-order chi connectivity index (χ0) is 20.8. The monoisotopic (exact) mass is 414 g/mol. The lowest BCUT2D eigenvalue weighted by Gasteiger charge is -2.32. The van der Waals surface area contributed by atoms with Gasteiger partial charge in [-0.25, -0.2) is 9.97 Å². The number of ether oxygens (including phenoxy) is 1. The predicted octanol–water partition coefficient (Wildman–Crippen LogP) is 3.80. The largest absolute Gasteiger partial charge is 0.488 e. The van der Waals surface area contributed by atoms with Gasteiger partial charge in [-0.15, -0.1) is 0 Å². The molecule has 1 aliphatic carbocycles. The Bertz CT molecular complexity index is 1130. The lowest BCUT2D eigenvalue weighted by atomic mass is 10.0. The molecular weight excluding hydrogens is 388 g/mol. The summed E-state index contributed by atoms with van der Waals surface area (Å²) >= 11 is 0. The maximum absolute atomic E-state index is 6.18. The van der Waals surface area contributed by atoms with E-state index in [1.165, 1.54) is 5.56 Å². The molecule has 158 valence electrons. The molecule has 2 aromatic heterocycles. The van der Waals surface area contributed by atoms with Crippen molar-refractivity contribution >= 4 is 11.5 Å². The minimum absolute atomic E-state index is 0.00846. The molecule has 0 bridgehead atoms. The lowest BCUT2D eigenvalue weighted by Crippen LogP contribution is -2.35. The van der Waals surface area contributed by atoms with Crippen LogP contribution in [0.4, 0.5) is 5.82 Å². The highest BCUT2D eigenvalue weighted by atomic mass is 16.5. The van der Waals surface area contributed by atoms with Crippen molar-refractivity contribution in [2.45, 2.75) is 50.8 Å². The van der Waals surface area contributed by atoms with Crippen LogP contribution in [0.3, 0.4) is 0 Å². The molecule has 0 unspecified atom stereocenters. The van der Waals surface area contributed by atoms with Gasteiger partial charge in [-0.05, 0) is 56.4 Å². The summed E-state index contributed by atoms with van der Waals surface area (Å²) in [6.07, 6.45) is 9.94. The van der Waals surface area contributed by atoms with Crippen LogP contribution >= 0.6 is 0 Å². The molecule has 0 atom stereocenters. The molecule has 4 heterocycles. The second-order valence-corrected chi connectivity index (χ2v) is 9.00. The van der Waals surface area contributed by atoms with Crippen molar-refractivity contribution in [1.29, 1.82) is 0 Å². The van der Waals surface area contributed by atoms with Crippen LogP contribution in [0.1, 0.15) is 55.5 Å². The number of aromatic nitrogens is 4. The van der Waals surface area contributed by atoms with Crippen molar-refractivity contribution in [3.63, 3.8) is 0 Å². The van der Waals surface area contributed by atoms with Crippen molar-refractivity contribution in [3.8, 4) is 5.75 Å². The molecule has 0 N–H and O–H groups in total. The van der Waals surface area contributed by atoms with E-state index in [-0.39, 0.29) is 5.60 Å². The normalized spacial score (nSPS) is 19.8. The van der Waals surface area contributed by atoms with E-state index in [1.807, 2.05) is 12.3 Å². The Kier molecular flexibility index (Phi) is 4.30. The van der Waals surface area contributed by atoms with Crippen LogP contribution in [0.2, 0.25) is 0 Å². The minimum atomic E-state index is 0.00846. The summed E-state index contributed by atoms with van der Waals surface area (Å²) < 4.78 is 8.26. The first-order valence-corrected chi connectivity index (χ1v) is 11.1. The molecule has 2 aliphatic heterocycles. The second-order valence-electron chi connectivity index (χ2n) is 9.00. The molecule has 31 heavy (non-hydrogen) atoms. The van der Waals surface area contributed by atoms with E-state index in [9.17, 15) is 0 Å². The van der Waals surface area contributed by atoms with Crippen molar-refractivity contribution in [1.82, 2.24) is 19.7 Å². The fourth-order valence-electron chi connectivity index (χ4n) is 4.51. The van der Waals surface area contributed by atoms with Crippen LogP contribution in [0.25, 0.3) is 0 Å². The van der Waals surface area contributed by atoms with Crippen LogP contribution in [0.5, 0.6) is 5.75 Å². The first-order valence-electron chi connectivity index (χ1n) is 11.1. The molecule has 0 amide bonds. The highest BCUT2D eigenvalue weighted by Gasteiger charge is 2.40. The van der Waals surface area contributed by atoms with Gasteiger partial charge in [0.1, 0.15) is 23.5 Å². The number of rotatable bonds is 5. The van der Waals surface area contributed by atoms with Gasteiger partial charge in [0.2, 0.25) is 0 Å². The Morgan fingerprint density at radius 3 is 2.74 bits per heavy atom. The summed E-state index contributed by atoms with van der Waals surface area (Å²) in [7, 11) is 0. The molecule has 7 heteroatoms. The summed E-state index contributed by atoms with van der Waals surface area (Å²) in [4.78, 5) is 16.3. The third-order valence-corrected chi connectivity index (χ3v) is 6.65. The third-order valence-electron chi connectivity index (χ3n) is 6.65. The SMILES string of the molecule is CC1(Oc2ccc3c(c2)C(c2cc(N4CCC(n5cccn5)CC4)ncn2)=NC3)CC1. The zero-order valence-electron chi connectivity index (χ0n) is 17.7. The van der Waals surface area contributed by atoms with Crippen LogP contribution in [-0.4, -0.2) is 44.2 Å². The Labute approximate surface area is 181 Å². The zero-order valence-corrected chi connectivity index (χ0v) is 17.7. The molecule has 0 spiro atoms. The first-order chi connectivity index (χ1) is 15.2. The number of benzene rings is 1. The van der Waals surface area contributed by atoms with Gasteiger partial charge in [0.25, 0.3) is 0 Å². The highest BCUT2D eigenvalue weighted by molar-refractivity contribution is 6.14. The number of hydrogen-bond acceptors (Lipinski definition) is 6. The van der Waals surface area contributed by atoms with Crippen LogP contribution in [0, 0.1) is 0 Å². The summed E-state index contributed by atoms with van der Waals surface area (Å²) in [6.45, 7) is 4.78. The summed E-state index contributed by atoms with van der Waals surface area (Å²) in [5.74, 6) is 1.89. The van der Waals surface area contributed by atoms with Crippen molar-refractivity contribution < 1.29 is 4.74 Å². The quantitative estimate of drug-likeness (QED) is 0.635. The number of hydrogen-bond donors (Lipinski definition) is 0. The fourth-order valence-corrected chi connectivity index (χ4v) is 4.51. The maximum Gasteiger partial charge on any atom is 0.132 e. The topological polar surface area (TPSA) is 68.4 Å². The molecule has 2 fully saturated rings. The van der Waals surface area contributed by atoms with E-state index in [2.05, 4.69) is 62.0 Å². The molecule has 1 saturated carbocycles. The highest BCUT2D eigenvalue weighted by Crippen LogP contribution is 2.40. The molecular formula is C24H26N6O. The van der Waals surface area contributed by atoms with Gasteiger partial charge in [-0.1, -0.05) is 6.07 Å². The molecule has 0 radical (unpaired) electrons. The molecule has 7 nitrogen and oxygen atoms in total. The third kappa shape index (κ3) is 3.58. The number of anilines is 1. The fraction of sp³-hybridized carbons (Fsp3) is 0.417. The van der Waals surface area contributed by atoms with Gasteiger partial charge in [0, 0.05) is 37.1 Å². The van der Waals surface area contributed by atoms with Crippen LogP contribution in [-0.2, 0) is 6.54 Å². The molecule has 1 saturated heterocycles. The number of aliphatic imine (C=N–C) groups is 1. The second kappa shape index (κ2) is 7.18. The van der Waals surface area contributed by atoms with Crippen molar-refractivity contribution in [2.75, 3.05) is 18.0 Å². The Hall–Kier alpha value is -3.22. The molecule has 1 aromatic carbocycles. The number of nitrogens with zero attached hydrogens (tertiary/aromatic N) is 6. The lowest BCUT2D eigenvalue weighted by molar-refractivity contribution is 0.200. The van der Waals surface area contributed by atoms with Gasteiger partial charge in [-0.2, -0.15) is 5.10 Å². The van der Waals surface area contributed by atoms with E-state index < -0.39 is 0 Å². The smallest absolute Gasteiger partial charge is 0.132 e. The van der Waals surface area contributed by atoms with Gasteiger partial charge in [-0.3, -0.25) is 9.67 Å². The number of piperidine rings is 1. The Morgan fingerprint density at radius 1 is 1.10 bits per heavy atom. The van der Waals surface area contributed by atoms with E-state index in [0.717, 1.165) is 67.3 Å². The average Bonchev–Trinajstić information content (AvgIpc) is 3.21. The maximum atomic E-state index is 6.18. The van der Waals surface area contributed by atoms with Crippen molar-refractivity contribution in [2.24, 2.45) is 4.99 Å². The van der Waals surface area contributed by atoms with E-state index >= 15 is 0 Å².